The first kappa shape index (κ1) is 14.9. The largest absolute Gasteiger partial charge is 0.345 e. The van der Waals surface area contributed by atoms with Crippen molar-refractivity contribution in [2.24, 2.45) is 0 Å². The molecule has 0 fully saturated rings. The van der Waals surface area contributed by atoms with Gasteiger partial charge < -0.3 is 4.90 Å². The number of nitrogens with zero attached hydrogens (tertiary/aromatic N) is 1. The SMILES string of the molecule is CCCCS(=O)Cc1ccc(C(=O)N(C)C)cc1. The van der Waals surface area contributed by atoms with Crippen molar-refractivity contribution in [3.8, 4) is 0 Å². The van der Waals surface area contributed by atoms with E-state index in [9.17, 15) is 9.00 Å². The van der Waals surface area contributed by atoms with Gasteiger partial charge in [0.05, 0.1) is 0 Å². The van der Waals surface area contributed by atoms with Crippen LogP contribution in [0.15, 0.2) is 24.3 Å². The van der Waals surface area contributed by atoms with Crippen molar-refractivity contribution in [3.05, 3.63) is 35.4 Å². The van der Waals surface area contributed by atoms with E-state index >= 15 is 0 Å². The number of hydrogen-bond donors (Lipinski definition) is 0. The third-order valence-electron chi connectivity index (χ3n) is 2.66. The van der Waals surface area contributed by atoms with Crippen molar-refractivity contribution in [1.82, 2.24) is 4.90 Å². The molecule has 0 N–H and O–H groups in total. The second-order valence-corrected chi connectivity index (χ2v) is 6.11. The van der Waals surface area contributed by atoms with Crippen molar-refractivity contribution in [1.29, 1.82) is 0 Å². The first-order valence-corrected chi connectivity index (χ1v) is 7.69. The Balaban J connectivity index is 2.60. The molecule has 1 unspecified atom stereocenters. The Morgan fingerprint density at radius 2 is 1.83 bits per heavy atom. The van der Waals surface area contributed by atoms with Crippen LogP contribution in [0.4, 0.5) is 0 Å². The molecule has 1 amide bonds. The van der Waals surface area contributed by atoms with E-state index in [1.165, 1.54) is 0 Å². The van der Waals surface area contributed by atoms with Gasteiger partial charge in [0, 0.05) is 42.0 Å². The summed E-state index contributed by atoms with van der Waals surface area (Å²) in [5.74, 6) is 1.33. The second kappa shape index (κ2) is 7.31. The summed E-state index contributed by atoms with van der Waals surface area (Å²) in [6.45, 7) is 2.10. The van der Waals surface area contributed by atoms with E-state index in [1.807, 2.05) is 12.1 Å². The van der Waals surface area contributed by atoms with Crippen LogP contribution in [0.3, 0.4) is 0 Å². The molecule has 1 rings (SSSR count). The van der Waals surface area contributed by atoms with E-state index < -0.39 is 10.8 Å². The Morgan fingerprint density at radius 1 is 1.22 bits per heavy atom. The molecule has 1 aromatic carbocycles. The van der Waals surface area contributed by atoms with E-state index in [2.05, 4.69) is 6.92 Å². The highest BCUT2D eigenvalue weighted by molar-refractivity contribution is 7.84. The van der Waals surface area contributed by atoms with Gasteiger partial charge in [-0.25, -0.2) is 0 Å². The number of benzene rings is 1. The first-order chi connectivity index (χ1) is 8.54. The minimum atomic E-state index is -0.792. The zero-order valence-corrected chi connectivity index (χ0v) is 12.1. The number of carbonyl (C=O) groups excluding carboxylic acids is 1. The van der Waals surface area contributed by atoms with Crippen molar-refractivity contribution < 1.29 is 9.00 Å². The molecule has 4 heteroatoms. The predicted octanol–water partition coefficient (Wildman–Crippen LogP) is 2.44. The number of rotatable bonds is 6. The molecule has 18 heavy (non-hydrogen) atoms. The molecule has 0 saturated carbocycles. The van der Waals surface area contributed by atoms with Gasteiger partial charge in [0.1, 0.15) is 0 Å². The summed E-state index contributed by atoms with van der Waals surface area (Å²) in [5, 5.41) is 0. The fourth-order valence-corrected chi connectivity index (χ4v) is 2.88. The standard InChI is InChI=1S/C14H21NO2S/c1-4-5-10-18(17)11-12-6-8-13(9-7-12)14(16)15(2)3/h6-9H,4-5,10-11H2,1-3H3. The lowest BCUT2D eigenvalue weighted by molar-refractivity contribution is 0.0827. The fourth-order valence-electron chi connectivity index (χ4n) is 1.57. The lowest BCUT2D eigenvalue weighted by atomic mass is 10.1. The molecule has 0 saturated heterocycles. The Kier molecular flexibility index (Phi) is 6.05. The van der Waals surface area contributed by atoms with Crippen LogP contribution in [0.1, 0.15) is 35.7 Å². The van der Waals surface area contributed by atoms with E-state index in [4.69, 9.17) is 0 Å². The number of amides is 1. The molecule has 1 atom stereocenters. The molecule has 0 aliphatic heterocycles. The minimum Gasteiger partial charge on any atom is -0.345 e. The first-order valence-electron chi connectivity index (χ1n) is 6.20. The average Bonchev–Trinajstić information content (AvgIpc) is 2.36. The van der Waals surface area contributed by atoms with Crippen LogP contribution in [0.5, 0.6) is 0 Å². The van der Waals surface area contributed by atoms with Gasteiger partial charge in [-0.05, 0) is 24.1 Å². The quantitative estimate of drug-likeness (QED) is 0.794. The molecule has 0 aromatic heterocycles. The van der Waals surface area contributed by atoms with Gasteiger partial charge in [0.15, 0.2) is 0 Å². The Bertz CT molecular complexity index is 412. The second-order valence-electron chi connectivity index (χ2n) is 4.54. The summed E-state index contributed by atoms with van der Waals surface area (Å²) < 4.78 is 11.7. The average molecular weight is 267 g/mol. The van der Waals surface area contributed by atoms with Crippen LogP contribution in [0, 0.1) is 0 Å². The Hall–Kier alpha value is -1.16. The van der Waals surface area contributed by atoms with Crippen LogP contribution < -0.4 is 0 Å². The third-order valence-corrected chi connectivity index (χ3v) is 4.06. The maximum Gasteiger partial charge on any atom is 0.253 e. The molecule has 0 aliphatic carbocycles. The molecule has 0 bridgehead atoms. The van der Waals surface area contributed by atoms with Crippen LogP contribution in [0.2, 0.25) is 0 Å². The lowest BCUT2D eigenvalue weighted by Gasteiger charge is -2.10. The summed E-state index contributed by atoms with van der Waals surface area (Å²) in [4.78, 5) is 13.2. The molecular weight excluding hydrogens is 246 g/mol. The highest BCUT2D eigenvalue weighted by Crippen LogP contribution is 2.09. The van der Waals surface area contributed by atoms with Gasteiger partial charge in [-0.3, -0.25) is 9.00 Å². The smallest absolute Gasteiger partial charge is 0.253 e. The lowest BCUT2D eigenvalue weighted by Crippen LogP contribution is -2.21. The Morgan fingerprint density at radius 3 is 2.33 bits per heavy atom. The number of unbranched alkanes of at least 4 members (excludes halogenated alkanes) is 1. The van der Waals surface area contributed by atoms with Gasteiger partial charge in [-0.1, -0.05) is 25.5 Å². The van der Waals surface area contributed by atoms with Gasteiger partial charge in [-0.2, -0.15) is 0 Å². The maximum absolute atomic E-state index is 11.7. The molecular formula is C14H21NO2S. The summed E-state index contributed by atoms with van der Waals surface area (Å²) >= 11 is 0. The summed E-state index contributed by atoms with van der Waals surface area (Å²) in [6.07, 6.45) is 2.08. The topological polar surface area (TPSA) is 37.4 Å². The fraction of sp³-hybridized carbons (Fsp3) is 0.500. The van der Waals surface area contributed by atoms with Gasteiger partial charge in [-0.15, -0.1) is 0 Å². The summed E-state index contributed by atoms with van der Waals surface area (Å²) in [5.41, 5.74) is 1.70. The zero-order chi connectivity index (χ0) is 13.5. The Labute approximate surface area is 112 Å². The van der Waals surface area contributed by atoms with Crippen LogP contribution >= 0.6 is 0 Å². The van der Waals surface area contributed by atoms with Gasteiger partial charge >= 0.3 is 0 Å². The molecule has 1 aromatic rings. The van der Waals surface area contributed by atoms with Gasteiger partial charge in [0.2, 0.25) is 0 Å². The van der Waals surface area contributed by atoms with Crippen LogP contribution in [-0.2, 0) is 16.6 Å². The van der Waals surface area contributed by atoms with Crippen molar-refractivity contribution in [2.45, 2.75) is 25.5 Å². The molecule has 100 valence electrons. The normalized spacial score (nSPS) is 12.2. The van der Waals surface area contributed by atoms with E-state index in [0.717, 1.165) is 24.2 Å². The maximum atomic E-state index is 11.7. The van der Waals surface area contributed by atoms with E-state index in [0.29, 0.717) is 11.3 Å². The highest BCUT2D eigenvalue weighted by atomic mass is 32.2. The minimum absolute atomic E-state index is 0.00587. The van der Waals surface area contributed by atoms with Crippen LogP contribution in [-0.4, -0.2) is 34.9 Å². The van der Waals surface area contributed by atoms with Crippen molar-refractivity contribution in [3.63, 3.8) is 0 Å². The number of hydrogen-bond acceptors (Lipinski definition) is 2. The summed E-state index contributed by atoms with van der Waals surface area (Å²) in [7, 11) is 2.67. The molecule has 0 radical (unpaired) electrons. The molecule has 0 aliphatic rings. The molecule has 3 nitrogen and oxygen atoms in total. The zero-order valence-electron chi connectivity index (χ0n) is 11.3. The summed E-state index contributed by atoms with van der Waals surface area (Å²) in [6, 6.07) is 7.38. The monoisotopic (exact) mass is 267 g/mol. The predicted molar refractivity (Wildman–Crippen MR) is 76.1 cm³/mol. The molecule has 0 spiro atoms. The number of carbonyl (C=O) groups is 1. The third kappa shape index (κ3) is 4.61. The van der Waals surface area contributed by atoms with Gasteiger partial charge in [0.25, 0.3) is 5.91 Å². The van der Waals surface area contributed by atoms with E-state index in [-0.39, 0.29) is 5.91 Å². The molecule has 0 heterocycles. The van der Waals surface area contributed by atoms with E-state index in [1.54, 1.807) is 31.1 Å². The van der Waals surface area contributed by atoms with Crippen molar-refractivity contribution >= 4 is 16.7 Å². The highest BCUT2D eigenvalue weighted by Gasteiger charge is 2.08. The van der Waals surface area contributed by atoms with Crippen molar-refractivity contribution in [2.75, 3.05) is 19.8 Å². The van der Waals surface area contributed by atoms with Crippen LogP contribution in [0.25, 0.3) is 0 Å².